The van der Waals surface area contributed by atoms with Crippen LogP contribution < -0.4 is 0 Å². The lowest BCUT2D eigenvalue weighted by Gasteiger charge is -2.25. The average molecular weight is 345 g/mol. The van der Waals surface area contributed by atoms with Crippen molar-refractivity contribution in [3.63, 3.8) is 0 Å². The van der Waals surface area contributed by atoms with E-state index in [1.165, 1.54) is 0 Å². The number of carboxylic acids is 1. The molecule has 0 saturated heterocycles. The minimum absolute atomic E-state index is 0.111. The number of carbonyl (C=O) groups excluding carboxylic acids is 1. The molecule has 25 heavy (non-hydrogen) atoms. The predicted octanol–water partition coefficient (Wildman–Crippen LogP) is 2.98. The highest BCUT2D eigenvalue weighted by Crippen LogP contribution is 2.32. The molecule has 1 atom stereocenters. The SMILES string of the molecule is Cc1noc2nc(C(C)C)cc(C(=O)N(CC(C)C(=O)O)C3CC3)c12. The number of nitrogens with zero attached hydrogens (tertiary/aromatic N) is 3. The van der Waals surface area contributed by atoms with Gasteiger partial charge in [-0.3, -0.25) is 9.59 Å². The normalized spacial score (nSPS) is 15.6. The molecule has 1 aliphatic carbocycles. The van der Waals surface area contributed by atoms with E-state index < -0.39 is 11.9 Å². The molecule has 0 aliphatic heterocycles. The Bertz CT molecular complexity index is 823. The van der Waals surface area contributed by atoms with Gasteiger partial charge in [0, 0.05) is 18.3 Å². The minimum Gasteiger partial charge on any atom is -0.481 e. The smallest absolute Gasteiger partial charge is 0.308 e. The summed E-state index contributed by atoms with van der Waals surface area (Å²) in [5.41, 5.74) is 2.23. The molecule has 0 spiro atoms. The Morgan fingerprint density at radius 1 is 1.36 bits per heavy atom. The number of carbonyl (C=O) groups is 2. The predicted molar refractivity (Wildman–Crippen MR) is 91.5 cm³/mol. The van der Waals surface area contributed by atoms with E-state index in [1.807, 2.05) is 13.8 Å². The van der Waals surface area contributed by atoms with Gasteiger partial charge in [-0.1, -0.05) is 25.9 Å². The summed E-state index contributed by atoms with van der Waals surface area (Å²) < 4.78 is 5.28. The van der Waals surface area contributed by atoms with Crippen LogP contribution in [-0.4, -0.2) is 44.6 Å². The highest BCUT2D eigenvalue weighted by molar-refractivity contribution is 6.06. The summed E-state index contributed by atoms with van der Waals surface area (Å²) in [5, 5.41) is 13.8. The molecule has 1 fully saturated rings. The fourth-order valence-electron chi connectivity index (χ4n) is 2.89. The lowest BCUT2D eigenvalue weighted by molar-refractivity contribution is -0.141. The first-order chi connectivity index (χ1) is 11.8. The number of hydrogen-bond acceptors (Lipinski definition) is 5. The molecular weight excluding hydrogens is 322 g/mol. The second kappa shape index (κ2) is 6.46. The number of amides is 1. The van der Waals surface area contributed by atoms with Crippen molar-refractivity contribution in [2.45, 2.75) is 52.5 Å². The molecular formula is C18H23N3O4. The van der Waals surface area contributed by atoms with Crippen LogP contribution in [-0.2, 0) is 4.79 Å². The number of fused-ring (bicyclic) bond motifs is 1. The van der Waals surface area contributed by atoms with E-state index in [4.69, 9.17) is 4.52 Å². The lowest BCUT2D eigenvalue weighted by Crippen LogP contribution is -2.38. The Labute approximate surface area is 146 Å². The Kier molecular flexibility index (Phi) is 4.49. The van der Waals surface area contributed by atoms with Crippen LogP contribution in [0.4, 0.5) is 0 Å². The molecule has 1 amide bonds. The average Bonchev–Trinajstić information content (AvgIpc) is 3.34. The number of aromatic nitrogens is 2. The molecule has 2 heterocycles. The van der Waals surface area contributed by atoms with Crippen molar-refractivity contribution in [2.24, 2.45) is 5.92 Å². The van der Waals surface area contributed by atoms with Crippen LogP contribution in [0, 0.1) is 12.8 Å². The van der Waals surface area contributed by atoms with Gasteiger partial charge in [0.2, 0.25) is 0 Å². The van der Waals surface area contributed by atoms with Crippen LogP contribution in [0.1, 0.15) is 61.3 Å². The highest BCUT2D eigenvalue weighted by atomic mass is 16.5. The fraction of sp³-hybridized carbons (Fsp3) is 0.556. The number of aliphatic carboxylic acids is 1. The summed E-state index contributed by atoms with van der Waals surface area (Å²) in [6.07, 6.45) is 1.82. The third-order valence-corrected chi connectivity index (χ3v) is 4.60. The van der Waals surface area contributed by atoms with E-state index in [-0.39, 0.29) is 24.4 Å². The van der Waals surface area contributed by atoms with E-state index in [9.17, 15) is 14.7 Å². The van der Waals surface area contributed by atoms with E-state index in [0.29, 0.717) is 22.4 Å². The van der Waals surface area contributed by atoms with E-state index in [0.717, 1.165) is 18.5 Å². The number of hydrogen-bond donors (Lipinski definition) is 1. The second-order valence-electron chi connectivity index (χ2n) is 7.13. The van der Waals surface area contributed by atoms with Crippen LogP contribution >= 0.6 is 0 Å². The van der Waals surface area contributed by atoms with Crippen molar-refractivity contribution in [2.75, 3.05) is 6.54 Å². The number of rotatable bonds is 6. The molecule has 2 aromatic rings. The summed E-state index contributed by atoms with van der Waals surface area (Å²) in [6, 6.07) is 1.90. The maximum Gasteiger partial charge on any atom is 0.308 e. The van der Waals surface area contributed by atoms with Crippen molar-refractivity contribution in [1.82, 2.24) is 15.0 Å². The number of pyridine rings is 1. The van der Waals surface area contributed by atoms with Crippen molar-refractivity contribution < 1.29 is 19.2 Å². The molecule has 134 valence electrons. The lowest BCUT2D eigenvalue weighted by atomic mass is 10.0. The Hall–Kier alpha value is -2.44. The maximum atomic E-state index is 13.3. The monoisotopic (exact) mass is 345 g/mol. The third kappa shape index (κ3) is 3.36. The van der Waals surface area contributed by atoms with Crippen LogP contribution in [0.3, 0.4) is 0 Å². The van der Waals surface area contributed by atoms with Gasteiger partial charge in [0.15, 0.2) is 0 Å². The maximum absolute atomic E-state index is 13.3. The molecule has 1 aliphatic rings. The first-order valence-corrected chi connectivity index (χ1v) is 8.60. The van der Waals surface area contributed by atoms with Gasteiger partial charge in [0.1, 0.15) is 0 Å². The first kappa shape index (κ1) is 17.4. The van der Waals surface area contributed by atoms with Gasteiger partial charge in [-0.25, -0.2) is 4.98 Å². The minimum atomic E-state index is -0.901. The largest absolute Gasteiger partial charge is 0.481 e. The number of aryl methyl sites for hydroxylation is 1. The van der Waals surface area contributed by atoms with Gasteiger partial charge >= 0.3 is 5.97 Å². The zero-order valence-corrected chi connectivity index (χ0v) is 14.9. The van der Waals surface area contributed by atoms with E-state index >= 15 is 0 Å². The highest BCUT2D eigenvalue weighted by Gasteiger charge is 2.36. The van der Waals surface area contributed by atoms with Gasteiger partial charge in [0.05, 0.1) is 22.6 Å². The first-order valence-electron chi connectivity index (χ1n) is 8.60. The molecule has 1 N–H and O–H groups in total. The Balaban J connectivity index is 2.04. The molecule has 7 heteroatoms. The molecule has 7 nitrogen and oxygen atoms in total. The molecule has 1 unspecified atom stereocenters. The standard InChI is InChI=1S/C18H23N3O4/c1-9(2)14-7-13(15-11(4)20-25-16(15)19-14)17(22)21(12-5-6-12)8-10(3)18(23)24/h7,9-10,12H,5-6,8H2,1-4H3,(H,23,24). The summed E-state index contributed by atoms with van der Waals surface area (Å²) in [7, 11) is 0. The van der Waals surface area contributed by atoms with E-state index in [1.54, 1.807) is 24.8 Å². The van der Waals surface area contributed by atoms with Crippen molar-refractivity contribution in [1.29, 1.82) is 0 Å². The summed E-state index contributed by atoms with van der Waals surface area (Å²) in [5.74, 6) is -1.55. The Morgan fingerprint density at radius 2 is 2.04 bits per heavy atom. The molecule has 0 bridgehead atoms. The van der Waals surface area contributed by atoms with Crippen LogP contribution in [0.2, 0.25) is 0 Å². The Morgan fingerprint density at radius 3 is 2.60 bits per heavy atom. The summed E-state index contributed by atoms with van der Waals surface area (Å²) in [6.45, 7) is 7.59. The van der Waals surface area contributed by atoms with Gasteiger partial charge < -0.3 is 14.5 Å². The molecule has 3 rings (SSSR count). The zero-order valence-electron chi connectivity index (χ0n) is 14.9. The van der Waals surface area contributed by atoms with Gasteiger partial charge in [-0.15, -0.1) is 0 Å². The second-order valence-corrected chi connectivity index (χ2v) is 7.13. The quantitative estimate of drug-likeness (QED) is 0.864. The molecule has 1 saturated carbocycles. The molecule has 0 aromatic carbocycles. The topological polar surface area (TPSA) is 96.5 Å². The van der Waals surface area contributed by atoms with E-state index in [2.05, 4.69) is 10.1 Å². The van der Waals surface area contributed by atoms with Crippen LogP contribution in [0.5, 0.6) is 0 Å². The summed E-state index contributed by atoms with van der Waals surface area (Å²) in [4.78, 5) is 30.6. The van der Waals surface area contributed by atoms with Gasteiger partial charge in [0.25, 0.3) is 11.6 Å². The zero-order chi connectivity index (χ0) is 18.3. The van der Waals surface area contributed by atoms with Gasteiger partial charge in [-0.05, 0) is 31.7 Å². The van der Waals surface area contributed by atoms with Gasteiger partial charge in [-0.2, -0.15) is 0 Å². The molecule has 0 radical (unpaired) electrons. The van der Waals surface area contributed by atoms with Crippen molar-refractivity contribution in [3.05, 3.63) is 23.0 Å². The summed E-state index contributed by atoms with van der Waals surface area (Å²) >= 11 is 0. The van der Waals surface area contributed by atoms with Crippen molar-refractivity contribution in [3.8, 4) is 0 Å². The van der Waals surface area contributed by atoms with Crippen LogP contribution in [0.15, 0.2) is 10.6 Å². The number of carboxylic acid groups (broad SMARTS) is 1. The van der Waals surface area contributed by atoms with Crippen LogP contribution in [0.25, 0.3) is 11.1 Å². The fourth-order valence-corrected chi connectivity index (χ4v) is 2.89. The molecule has 2 aromatic heterocycles. The third-order valence-electron chi connectivity index (χ3n) is 4.60. The van der Waals surface area contributed by atoms with Crippen molar-refractivity contribution >= 4 is 23.0 Å².